The van der Waals surface area contributed by atoms with Crippen LogP contribution in [0.5, 0.6) is 5.75 Å². The number of fused-ring (bicyclic) bond motifs is 2. The lowest BCUT2D eigenvalue weighted by Crippen LogP contribution is -2.54. The summed E-state index contributed by atoms with van der Waals surface area (Å²) in [6.07, 6.45) is 3.56. The van der Waals surface area contributed by atoms with Gasteiger partial charge >= 0.3 is 0 Å². The Morgan fingerprint density at radius 1 is 1.18 bits per heavy atom. The monoisotopic (exact) mass is 465 g/mol. The molecule has 33 heavy (non-hydrogen) atoms. The highest BCUT2D eigenvalue weighted by Gasteiger charge is 2.54. The minimum absolute atomic E-state index is 0.106. The molecule has 0 amide bonds. The van der Waals surface area contributed by atoms with Crippen molar-refractivity contribution in [1.82, 2.24) is 24.7 Å². The van der Waals surface area contributed by atoms with Gasteiger partial charge in [0.05, 0.1) is 0 Å². The number of aryl methyl sites for hydroxylation is 2. The summed E-state index contributed by atoms with van der Waals surface area (Å²) in [6, 6.07) is 9.97. The first kappa shape index (κ1) is 20.7. The lowest BCUT2D eigenvalue weighted by Gasteiger charge is -2.47. The number of nitrogens with one attached hydrogen (secondary N) is 1. The highest BCUT2D eigenvalue weighted by Crippen LogP contribution is 2.49. The van der Waals surface area contributed by atoms with Gasteiger partial charge in [-0.15, -0.1) is 5.10 Å². The van der Waals surface area contributed by atoms with Gasteiger partial charge in [0.2, 0.25) is 5.95 Å². The number of hydrogen-bond donors (Lipinski definition) is 1. The molecule has 2 aromatic heterocycles. The topological polar surface area (TPSA) is 81.0 Å². The lowest BCUT2D eigenvalue weighted by molar-refractivity contribution is 0.0915. The number of aromatic nitrogens is 5. The van der Waals surface area contributed by atoms with Gasteiger partial charge in [-0.1, -0.05) is 31.0 Å². The summed E-state index contributed by atoms with van der Waals surface area (Å²) >= 11 is 6.11. The quantitative estimate of drug-likeness (QED) is 0.586. The van der Waals surface area contributed by atoms with Crippen LogP contribution in [0.3, 0.4) is 0 Å². The number of benzene rings is 1. The summed E-state index contributed by atoms with van der Waals surface area (Å²) in [7, 11) is 0. The summed E-state index contributed by atoms with van der Waals surface area (Å²) in [5.74, 6) is 5.24. The number of rotatable bonds is 6. The molecule has 3 aliphatic rings. The van der Waals surface area contributed by atoms with Crippen molar-refractivity contribution >= 4 is 23.4 Å². The van der Waals surface area contributed by atoms with Crippen molar-refractivity contribution in [1.29, 1.82) is 0 Å². The number of halogens is 1. The zero-order valence-electron chi connectivity index (χ0n) is 18.9. The van der Waals surface area contributed by atoms with Gasteiger partial charge < -0.3 is 15.0 Å². The number of anilines is 2. The van der Waals surface area contributed by atoms with Gasteiger partial charge in [0.15, 0.2) is 11.9 Å². The molecule has 2 aliphatic heterocycles. The van der Waals surface area contributed by atoms with Gasteiger partial charge in [-0.3, -0.25) is 0 Å². The number of hydrogen-bond acceptors (Lipinski definition) is 7. The van der Waals surface area contributed by atoms with Crippen LogP contribution in [-0.2, 0) is 6.54 Å². The fourth-order valence-electron chi connectivity index (χ4n) is 5.85. The van der Waals surface area contributed by atoms with Crippen molar-refractivity contribution in [2.45, 2.75) is 45.4 Å². The van der Waals surface area contributed by atoms with Gasteiger partial charge in [-0.05, 0) is 37.0 Å². The molecule has 0 spiro atoms. The van der Waals surface area contributed by atoms with E-state index in [1.165, 1.54) is 0 Å². The lowest BCUT2D eigenvalue weighted by atomic mass is 9.61. The third kappa shape index (κ3) is 3.70. The third-order valence-electron chi connectivity index (χ3n) is 7.43. The van der Waals surface area contributed by atoms with Gasteiger partial charge in [0.1, 0.15) is 17.9 Å². The van der Waals surface area contributed by atoms with Crippen LogP contribution in [0, 0.1) is 24.7 Å². The normalized spacial score (nSPS) is 27.7. The Morgan fingerprint density at radius 3 is 2.88 bits per heavy atom. The fraction of sp³-hybridized carbons (Fsp3) is 0.500. The molecule has 2 fully saturated rings. The molecule has 6 rings (SSSR count). The van der Waals surface area contributed by atoms with Crippen molar-refractivity contribution < 1.29 is 4.74 Å². The van der Waals surface area contributed by atoms with Gasteiger partial charge in [-0.25, -0.2) is 14.6 Å². The third-order valence-corrected chi connectivity index (χ3v) is 7.67. The molecular weight excluding hydrogens is 438 g/mol. The zero-order chi connectivity index (χ0) is 22.5. The Labute approximate surface area is 198 Å². The highest BCUT2D eigenvalue weighted by atomic mass is 35.5. The Morgan fingerprint density at radius 2 is 2.06 bits per heavy atom. The highest BCUT2D eigenvalue weighted by molar-refractivity contribution is 6.30. The minimum atomic E-state index is -0.106. The standard InChI is InChI=1S/C24H28ClN7O/c1-3-17-18-11-31(21-9-14(2)26-13-27-21)12-19(18)22(17)28-24-29-23-20(7-8-32(23)30-24)33-16-6-4-5-15(25)10-16/h4-6,9-10,13,17-20,22H,3,7-8,11-12H2,1-2H3,(H,28,30)/t17-,18?,19-,20+,22-/m1/s1. The van der Waals surface area contributed by atoms with Crippen molar-refractivity contribution in [2.24, 2.45) is 17.8 Å². The van der Waals surface area contributed by atoms with E-state index in [4.69, 9.17) is 26.4 Å². The molecule has 4 heterocycles. The Kier molecular flexibility index (Phi) is 5.13. The summed E-state index contributed by atoms with van der Waals surface area (Å²) in [5, 5.41) is 9.09. The second kappa shape index (κ2) is 8.17. The first-order chi connectivity index (χ1) is 16.1. The second-order valence-corrected chi connectivity index (χ2v) is 9.80. The molecule has 172 valence electrons. The van der Waals surface area contributed by atoms with E-state index in [1.54, 1.807) is 6.33 Å². The zero-order valence-corrected chi connectivity index (χ0v) is 19.6. The summed E-state index contributed by atoms with van der Waals surface area (Å²) in [5.41, 5.74) is 1.01. The van der Waals surface area contributed by atoms with Crippen LogP contribution < -0.4 is 15.0 Å². The molecule has 1 aromatic carbocycles. The molecule has 0 radical (unpaired) electrons. The molecule has 5 atom stereocenters. The largest absolute Gasteiger partial charge is 0.482 e. The molecule has 1 saturated carbocycles. The maximum absolute atomic E-state index is 6.17. The Hall–Kier alpha value is -2.87. The Balaban J connectivity index is 1.15. The van der Waals surface area contributed by atoms with Gasteiger partial charge in [-0.2, -0.15) is 4.98 Å². The molecule has 1 aliphatic carbocycles. The molecule has 1 N–H and O–H groups in total. The van der Waals surface area contributed by atoms with Crippen LogP contribution in [0.2, 0.25) is 5.02 Å². The van der Waals surface area contributed by atoms with E-state index < -0.39 is 0 Å². The first-order valence-electron chi connectivity index (χ1n) is 11.8. The average Bonchev–Trinajstić information content (AvgIpc) is 3.47. The molecule has 8 nitrogen and oxygen atoms in total. The van der Waals surface area contributed by atoms with E-state index in [-0.39, 0.29) is 6.10 Å². The maximum Gasteiger partial charge on any atom is 0.242 e. The van der Waals surface area contributed by atoms with Crippen molar-refractivity contribution in [3.8, 4) is 5.75 Å². The summed E-state index contributed by atoms with van der Waals surface area (Å²) < 4.78 is 8.14. The van der Waals surface area contributed by atoms with Crippen LogP contribution in [0.1, 0.15) is 37.4 Å². The summed E-state index contributed by atoms with van der Waals surface area (Å²) in [4.78, 5) is 16.0. The van der Waals surface area contributed by atoms with Crippen molar-refractivity contribution in [2.75, 3.05) is 23.3 Å². The van der Waals surface area contributed by atoms with E-state index in [0.29, 0.717) is 34.8 Å². The van der Waals surface area contributed by atoms with Crippen molar-refractivity contribution in [3.05, 3.63) is 53.2 Å². The average molecular weight is 466 g/mol. The smallest absolute Gasteiger partial charge is 0.242 e. The number of nitrogens with zero attached hydrogens (tertiary/aromatic N) is 6. The van der Waals surface area contributed by atoms with Crippen LogP contribution in [0.25, 0.3) is 0 Å². The molecular formula is C24H28ClN7O. The van der Waals surface area contributed by atoms with Gasteiger partial charge in [0, 0.05) is 54.8 Å². The van der Waals surface area contributed by atoms with Crippen molar-refractivity contribution in [3.63, 3.8) is 0 Å². The van der Waals surface area contributed by atoms with E-state index in [1.807, 2.05) is 35.9 Å². The Bertz CT molecular complexity index is 1170. The van der Waals surface area contributed by atoms with Crippen LogP contribution in [0.15, 0.2) is 36.7 Å². The minimum Gasteiger partial charge on any atom is -0.482 e. The van der Waals surface area contributed by atoms with E-state index in [0.717, 1.165) is 55.6 Å². The first-order valence-corrected chi connectivity index (χ1v) is 12.1. The second-order valence-electron chi connectivity index (χ2n) is 9.36. The molecule has 1 unspecified atom stereocenters. The van der Waals surface area contributed by atoms with Crippen LogP contribution in [0.4, 0.5) is 11.8 Å². The fourth-order valence-corrected chi connectivity index (χ4v) is 6.03. The predicted octanol–water partition coefficient (Wildman–Crippen LogP) is 4.13. The van der Waals surface area contributed by atoms with E-state index in [9.17, 15) is 0 Å². The predicted molar refractivity (Wildman–Crippen MR) is 127 cm³/mol. The summed E-state index contributed by atoms with van der Waals surface area (Å²) in [6.45, 7) is 7.17. The SMILES string of the molecule is CC[C@@H]1C2CN(c3cc(C)ncn3)C[C@H]2[C@@H]1Nc1nc2n(n1)CC[C@@H]2Oc1cccc(Cl)c1. The number of ether oxygens (including phenoxy) is 1. The van der Waals surface area contributed by atoms with E-state index in [2.05, 4.69) is 33.2 Å². The molecule has 9 heteroatoms. The van der Waals surface area contributed by atoms with Crippen LogP contribution >= 0.6 is 11.6 Å². The van der Waals surface area contributed by atoms with Crippen LogP contribution in [-0.4, -0.2) is 43.9 Å². The van der Waals surface area contributed by atoms with E-state index >= 15 is 0 Å². The molecule has 3 aromatic rings. The molecule has 1 saturated heterocycles. The maximum atomic E-state index is 6.17. The van der Waals surface area contributed by atoms with Gasteiger partial charge in [0.25, 0.3) is 0 Å². The molecule has 0 bridgehead atoms.